The highest BCUT2D eigenvalue weighted by atomic mass is 35.5. The van der Waals surface area contributed by atoms with E-state index in [4.69, 9.17) is 11.6 Å². The van der Waals surface area contributed by atoms with Crippen LogP contribution in [-0.2, 0) is 0 Å². The summed E-state index contributed by atoms with van der Waals surface area (Å²) < 4.78 is 14.3. The zero-order valence-corrected chi connectivity index (χ0v) is 14.7. The van der Waals surface area contributed by atoms with Crippen LogP contribution in [0.15, 0.2) is 18.2 Å². The molecule has 3 aliphatic heterocycles. The third-order valence-corrected chi connectivity index (χ3v) is 7.72. The molecule has 6 heteroatoms. The second kappa shape index (κ2) is 5.16. The van der Waals surface area contributed by atoms with Crippen LogP contribution < -0.4 is 5.32 Å². The molecular formula is C18H18ClFN2OS. The van der Waals surface area contributed by atoms with Gasteiger partial charge in [0.15, 0.2) is 0 Å². The molecule has 1 amide bonds. The summed E-state index contributed by atoms with van der Waals surface area (Å²) in [5, 5.41) is 4.24. The molecule has 2 aromatic rings. The molecular weight excluding hydrogens is 347 g/mol. The summed E-state index contributed by atoms with van der Waals surface area (Å²) in [6.07, 6.45) is 4.74. The summed E-state index contributed by atoms with van der Waals surface area (Å²) in [6, 6.07) is 5.11. The van der Waals surface area contributed by atoms with Crippen LogP contribution in [0.25, 0.3) is 10.1 Å². The average molecular weight is 365 g/mol. The normalized spacial score (nSPS) is 30.0. The quantitative estimate of drug-likeness (QED) is 0.871. The van der Waals surface area contributed by atoms with Crippen molar-refractivity contribution < 1.29 is 9.18 Å². The van der Waals surface area contributed by atoms with Crippen LogP contribution in [0.5, 0.6) is 0 Å². The average Bonchev–Trinajstić information content (AvgIpc) is 3.24. The van der Waals surface area contributed by atoms with E-state index < -0.39 is 5.82 Å². The molecule has 1 atom stereocenters. The Hall–Kier alpha value is -1.17. The Balaban J connectivity index is 1.44. The molecule has 4 aliphatic rings. The van der Waals surface area contributed by atoms with Gasteiger partial charge < -0.3 is 5.32 Å². The summed E-state index contributed by atoms with van der Waals surface area (Å²) in [6.45, 7) is 2.35. The number of nitrogens with one attached hydrogen (secondary N) is 1. The molecule has 4 fully saturated rings. The van der Waals surface area contributed by atoms with Gasteiger partial charge in [-0.15, -0.1) is 11.3 Å². The van der Waals surface area contributed by atoms with E-state index in [2.05, 4.69) is 10.2 Å². The third-order valence-electron chi connectivity index (χ3n) is 6.07. The Morgan fingerprint density at radius 3 is 2.79 bits per heavy atom. The van der Waals surface area contributed by atoms with Crippen LogP contribution in [0.2, 0.25) is 5.02 Å². The summed E-state index contributed by atoms with van der Waals surface area (Å²) in [5.41, 5.74) is 0.220. The minimum atomic E-state index is -0.438. The van der Waals surface area contributed by atoms with Gasteiger partial charge in [0, 0.05) is 5.54 Å². The maximum Gasteiger partial charge on any atom is 0.261 e. The lowest BCUT2D eigenvalue weighted by Gasteiger charge is -2.52. The number of nitrogens with zero attached hydrogens (tertiary/aromatic N) is 1. The molecule has 1 aliphatic carbocycles. The van der Waals surface area contributed by atoms with Crippen molar-refractivity contribution in [3.63, 3.8) is 0 Å². The molecule has 2 bridgehead atoms. The van der Waals surface area contributed by atoms with E-state index in [1.165, 1.54) is 56.2 Å². The predicted molar refractivity (Wildman–Crippen MR) is 94.3 cm³/mol. The number of hydrogen-bond acceptors (Lipinski definition) is 3. The van der Waals surface area contributed by atoms with Crippen molar-refractivity contribution in [3.8, 4) is 0 Å². The van der Waals surface area contributed by atoms with Crippen molar-refractivity contribution in [2.75, 3.05) is 13.1 Å². The predicted octanol–water partition coefficient (Wildman–Crippen LogP) is 4.05. The number of hydrogen-bond donors (Lipinski definition) is 1. The van der Waals surface area contributed by atoms with E-state index in [9.17, 15) is 9.18 Å². The molecule has 3 saturated heterocycles. The number of halogens is 2. The first-order valence-corrected chi connectivity index (χ1v) is 9.71. The van der Waals surface area contributed by atoms with Crippen molar-refractivity contribution in [2.24, 2.45) is 5.92 Å². The second-order valence-corrected chi connectivity index (χ2v) is 8.70. The molecule has 6 rings (SSSR count). The van der Waals surface area contributed by atoms with Crippen LogP contribution in [0.4, 0.5) is 4.39 Å². The standard InChI is InChI=1S/C18H18ClFN2OS/c19-14-12(20)2-1-11-9-13(24-15(11)14)17(23)21-16-10-3-7-22(8-4-10)18(16)5-6-18/h1-2,9-10,16H,3-8H2,(H,21,23)/t16-/m0/s1. The van der Waals surface area contributed by atoms with Gasteiger partial charge in [0.25, 0.3) is 5.91 Å². The van der Waals surface area contributed by atoms with E-state index in [-0.39, 0.29) is 22.5 Å². The number of thiophene rings is 1. The first-order valence-electron chi connectivity index (χ1n) is 8.52. The molecule has 1 aromatic heterocycles. The number of benzene rings is 1. The first kappa shape index (κ1) is 15.1. The fourth-order valence-electron chi connectivity index (χ4n) is 4.69. The molecule has 3 nitrogen and oxygen atoms in total. The van der Waals surface area contributed by atoms with Crippen molar-refractivity contribution in [3.05, 3.63) is 33.9 Å². The van der Waals surface area contributed by atoms with Crippen molar-refractivity contribution in [2.45, 2.75) is 37.3 Å². The fourth-order valence-corrected chi connectivity index (χ4v) is 5.97. The van der Waals surface area contributed by atoms with Gasteiger partial charge in [0.2, 0.25) is 0 Å². The first-order chi connectivity index (χ1) is 11.6. The smallest absolute Gasteiger partial charge is 0.261 e. The van der Waals surface area contributed by atoms with Gasteiger partial charge in [-0.25, -0.2) is 4.39 Å². The van der Waals surface area contributed by atoms with E-state index in [0.717, 1.165) is 5.39 Å². The number of rotatable bonds is 2. The van der Waals surface area contributed by atoms with Crippen LogP contribution in [0, 0.1) is 11.7 Å². The minimum Gasteiger partial charge on any atom is -0.346 e. The van der Waals surface area contributed by atoms with Gasteiger partial charge in [-0.05, 0) is 62.2 Å². The van der Waals surface area contributed by atoms with Crippen molar-refractivity contribution >= 4 is 38.9 Å². The summed E-state index contributed by atoms with van der Waals surface area (Å²) in [5.74, 6) is 0.113. The molecule has 24 heavy (non-hydrogen) atoms. The Labute approximate surface area is 148 Å². The SMILES string of the molecule is O=C(N[C@H]1C2CCN(CC2)C12CC2)c1cc2ccc(F)c(Cl)c2s1. The maximum atomic E-state index is 13.6. The topological polar surface area (TPSA) is 32.3 Å². The molecule has 1 saturated carbocycles. The summed E-state index contributed by atoms with van der Waals surface area (Å²) >= 11 is 7.32. The monoisotopic (exact) mass is 364 g/mol. The van der Waals surface area contributed by atoms with Crippen LogP contribution >= 0.6 is 22.9 Å². The largest absolute Gasteiger partial charge is 0.346 e. The molecule has 1 aromatic carbocycles. The number of fused-ring (bicyclic) bond motifs is 3. The van der Waals surface area contributed by atoms with Crippen LogP contribution in [-0.4, -0.2) is 35.5 Å². The number of amides is 1. The molecule has 4 heterocycles. The summed E-state index contributed by atoms with van der Waals surface area (Å²) in [7, 11) is 0. The zero-order valence-electron chi connectivity index (χ0n) is 13.1. The lowest BCUT2D eigenvalue weighted by atomic mass is 9.77. The highest BCUT2D eigenvalue weighted by Crippen LogP contribution is 2.53. The molecule has 126 valence electrons. The van der Waals surface area contributed by atoms with E-state index in [0.29, 0.717) is 15.5 Å². The van der Waals surface area contributed by atoms with Crippen LogP contribution in [0.1, 0.15) is 35.4 Å². The molecule has 1 spiro atoms. The highest BCUT2D eigenvalue weighted by molar-refractivity contribution is 7.21. The fraction of sp³-hybridized carbons (Fsp3) is 0.500. The maximum absolute atomic E-state index is 13.6. The lowest BCUT2D eigenvalue weighted by Crippen LogP contribution is -2.65. The van der Waals surface area contributed by atoms with Gasteiger partial charge in [-0.1, -0.05) is 17.7 Å². The van der Waals surface area contributed by atoms with Crippen molar-refractivity contribution in [1.82, 2.24) is 10.2 Å². The Kier molecular flexibility index (Phi) is 3.25. The molecule has 0 unspecified atom stereocenters. The second-order valence-electron chi connectivity index (χ2n) is 7.27. The third kappa shape index (κ3) is 2.07. The minimum absolute atomic E-state index is 0.0438. The number of carbonyl (C=O) groups excluding carboxylic acids is 1. The highest BCUT2D eigenvalue weighted by Gasteiger charge is 2.60. The molecule has 1 N–H and O–H groups in total. The van der Waals surface area contributed by atoms with Gasteiger partial charge in [-0.3, -0.25) is 9.69 Å². The number of carbonyl (C=O) groups is 1. The van der Waals surface area contributed by atoms with E-state index in [1.54, 1.807) is 6.07 Å². The van der Waals surface area contributed by atoms with Gasteiger partial charge in [0.1, 0.15) is 5.82 Å². The van der Waals surface area contributed by atoms with Crippen molar-refractivity contribution in [1.29, 1.82) is 0 Å². The van der Waals surface area contributed by atoms with Crippen LogP contribution in [0.3, 0.4) is 0 Å². The van der Waals surface area contributed by atoms with Gasteiger partial charge in [0.05, 0.1) is 20.6 Å². The van der Waals surface area contributed by atoms with E-state index in [1.807, 2.05) is 6.07 Å². The lowest BCUT2D eigenvalue weighted by molar-refractivity contribution is -0.00138. The van der Waals surface area contributed by atoms with E-state index >= 15 is 0 Å². The zero-order chi connectivity index (χ0) is 16.5. The molecule has 0 radical (unpaired) electrons. The Bertz CT molecular complexity index is 839. The Morgan fingerprint density at radius 2 is 2.08 bits per heavy atom. The summed E-state index contributed by atoms with van der Waals surface area (Å²) in [4.78, 5) is 16.0. The van der Waals surface area contributed by atoms with Gasteiger partial charge in [-0.2, -0.15) is 0 Å². The van der Waals surface area contributed by atoms with Gasteiger partial charge >= 0.3 is 0 Å². The Morgan fingerprint density at radius 1 is 1.33 bits per heavy atom. The number of piperidine rings is 3.